The Bertz CT molecular complexity index is 1840. The second-order valence-electron chi connectivity index (χ2n) is 16.6. The molecule has 1 aliphatic carbocycles. The first-order valence-corrected chi connectivity index (χ1v) is 19.6. The van der Waals surface area contributed by atoms with E-state index < -0.39 is 23.4 Å². The van der Waals surface area contributed by atoms with Crippen molar-refractivity contribution in [3.05, 3.63) is 52.8 Å². The standard InChI is InChI=1S/C41H56F3N7O4/c1-25(30-19-31(41(42,43)44)21-32(45)20-30)46-37-34-22-33(36(54-6)23-35(34)47-26(2)48-37)28-7-9-29(10-8-28)38(52)50-17-15-49(16-18-50)24-27-11-13-51(14-12-27)39(53)55-40(3,4)5/h19-23,25,27-29H,7-18,24,45H2,1-6H3,(H,46,47,48)/t25-,28?,29?/m1/s1. The van der Waals surface area contributed by atoms with Gasteiger partial charge in [-0.2, -0.15) is 13.2 Å². The van der Waals surface area contributed by atoms with Gasteiger partial charge in [-0.3, -0.25) is 9.69 Å². The first-order valence-electron chi connectivity index (χ1n) is 19.6. The molecule has 3 heterocycles. The van der Waals surface area contributed by atoms with E-state index in [0.717, 1.165) is 113 Å². The van der Waals surface area contributed by atoms with Gasteiger partial charge < -0.3 is 30.3 Å². The highest BCUT2D eigenvalue weighted by atomic mass is 19.4. The quantitative estimate of drug-likeness (QED) is 0.221. The van der Waals surface area contributed by atoms with Gasteiger partial charge in [-0.25, -0.2) is 14.8 Å². The minimum absolute atomic E-state index is 0.0182. The fourth-order valence-electron chi connectivity index (χ4n) is 8.32. The molecule has 1 saturated carbocycles. The van der Waals surface area contributed by atoms with Gasteiger partial charge in [0.2, 0.25) is 5.91 Å². The third-order valence-electron chi connectivity index (χ3n) is 11.3. The van der Waals surface area contributed by atoms with Crippen molar-refractivity contribution in [1.82, 2.24) is 24.7 Å². The van der Waals surface area contributed by atoms with Gasteiger partial charge in [0.1, 0.15) is 23.0 Å². The van der Waals surface area contributed by atoms with E-state index in [9.17, 15) is 22.8 Å². The number of aromatic nitrogens is 2. The lowest BCUT2D eigenvalue weighted by molar-refractivity contribution is -0.139. The highest BCUT2D eigenvalue weighted by Crippen LogP contribution is 2.43. The summed E-state index contributed by atoms with van der Waals surface area (Å²) in [6.45, 7) is 14.8. The van der Waals surface area contributed by atoms with Gasteiger partial charge in [0.05, 0.1) is 24.2 Å². The van der Waals surface area contributed by atoms with Gasteiger partial charge in [0.15, 0.2) is 0 Å². The second-order valence-corrected chi connectivity index (χ2v) is 16.6. The molecule has 1 atom stereocenters. The van der Waals surface area contributed by atoms with Crippen LogP contribution in [0.3, 0.4) is 0 Å². The molecule has 11 nitrogen and oxygen atoms in total. The number of piperidine rings is 1. The average molecular weight is 768 g/mol. The molecule has 14 heteroatoms. The SMILES string of the molecule is COc1cc2nc(C)nc(N[C@H](C)c3cc(N)cc(C(F)(F)F)c3)c2cc1C1CCC(C(=O)N2CCN(CC3CCN(C(=O)OC(C)(C)C)CC3)CC2)CC1. The number of likely N-dealkylation sites (tertiary alicyclic amines) is 1. The van der Waals surface area contributed by atoms with E-state index in [1.54, 1.807) is 21.0 Å². The summed E-state index contributed by atoms with van der Waals surface area (Å²) in [6.07, 6.45) is 0.398. The number of anilines is 2. The van der Waals surface area contributed by atoms with Crippen LogP contribution in [-0.2, 0) is 15.7 Å². The van der Waals surface area contributed by atoms with E-state index in [-0.39, 0.29) is 29.5 Å². The minimum Gasteiger partial charge on any atom is -0.496 e. The summed E-state index contributed by atoms with van der Waals surface area (Å²) in [6, 6.07) is 7.00. The smallest absolute Gasteiger partial charge is 0.416 e. The predicted octanol–water partition coefficient (Wildman–Crippen LogP) is 7.79. The molecular formula is C41H56F3N7O4. The Morgan fingerprint density at radius 3 is 2.20 bits per heavy atom. The van der Waals surface area contributed by atoms with E-state index in [4.69, 9.17) is 15.2 Å². The number of hydrogen-bond acceptors (Lipinski definition) is 9. The Morgan fingerprint density at radius 2 is 1.58 bits per heavy atom. The summed E-state index contributed by atoms with van der Waals surface area (Å²) < 4.78 is 52.1. The molecule has 2 amide bonds. The zero-order chi connectivity index (χ0) is 39.7. The maximum atomic E-state index is 13.7. The van der Waals surface area contributed by atoms with Gasteiger partial charge in [0.25, 0.3) is 0 Å². The summed E-state index contributed by atoms with van der Waals surface area (Å²) in [7, 11) is 1.64. The van der Waals surface area contributed by atoms with E-state index in [1.807, 2.05) is 42.7 Å². The predicted molar refractivity (Wildman–Crippen MR) is 207 cm³/mol. The molecule has 2 aliphatic heterocycles. The number of fused-ring (bicyclic) bond motifs is 1. The largest absolute Gasteiger partial charge is 0.496 e. The van der Waals surface area contributed by atoms with Gasteiger partial charge in [-0.1, -0.05) is 0 Å². The van der Waals surface area contributed by atoms with Crippen molar-refractivity contribution in [2.45, 2.75) is 96.9 Å². The number of benzene rings is 2. The number of piperazine rings is 1. The molecule has 0 unspecified atom stereocenters. The van der Waals surface area contributed by atoms with Crippen LogP contribution in [0.15, 0.2) is 30.3 Å². The monoisotopic (exact) mass is 767 g/mol. The molecule has 2 aromatic carbocycles. The number of rotatable bonds is 8. The molecule has 0 radical (unpaired) electrons. The van der Waals surface area contributed by atoms with Crippen LogP contribution in [0.25, 0.3) is 10.9 Å². The lowest BCUT2D eigenvalue weighted by Crippen LogP contribution is -2.52. The molecule has 0 bridgehead atoms. The van der Waals surface area contributed by atoms with Crippen LogP contribution >= 0.6 is 0 Å². The van der Waals surface area contributed by atoms with Crippen LogP contribution in [0.4, 0.5) is 29.5 Å². The Morgan fingerprint density at radius 1 is 0.909 bits per heavy atom. The van der Waals surface area contributed by atoms with Crippen LogP contribution in [0.2, 0.25) is 0 Å². The van der Waals surface area contributed by atoms with Crippen LogP contribution in [-0.4, -0.2) is 95.2 Å². The van der Waals surface area contributed by atoms with Crippen molar-refractivity contribution in [3.8, 4) is 5.75 Å². The first-order chi connectivity index (χ1) is 26.0. The number of aryl methyl sites for hydroxylation is 1. The summed E-state index contributed by atoms with van der Waals surface area (Å²) in [5.74, 6) is 2.67. The average Bonchev–Trinajstić information content (AvgIpc) is 3.13. The third kappa shape index (κ3) is 9.92. The number of methoxy groups -OCH3 is 1. The molecule has 55 heavy (non-hydrogen) atoms. The third-order valence-corrected chi connectivity index (χ3v) is 11.3. The highest BCUT2D eigenvalue weighted by Gasteiger charge is 2.35. The Labute approximate surface area is 322 Å². The Kier molecular flexibility index (Phi) is 12.0. The van der Waals surface area contributed by atoms with Crippen molar-refractivity contribution in [1.29, 1.82) is 0 Å². The molecule has 3 aromatic rings. The maximum Gasteiger partial charge on any atom is 0.416 e. The van der Waals surface area contributed by atoms with Crippen LogP contribution in [0.1, 0.15) is 101 Å². The number of nitrogens with zero attached hydrogens (tertiary/aromatic N) is 5. The number of hydrogen-bond donors (Lipinski definition) is 2. The van der Waals surface area contributed by atoms with Gasteiger partial charge >= 0.3 is 12.3 Å². The molecular weight excluding hydrogens is 711 g/mol. The van der Waals surface area contributed by atoms with Crippen LogP contribution in [0, 0.1) is 18.8 Å². The number of nitrogen functional groups attached to an aromatic ring is 1. The van der Waals surface area contributed by atoms with E-state index in [0.29, 0.717) is 28.6 Å². The number of ether oxygens (including phenoxy) is 2. The highest BCUT2D eigenvalue weighted by molar-refractivity contribution is 5.91. The van der Waals surface area contributed by atoms with Crippen molar-refractivity contribution in [3.63, 3.8) is 0 Å². The lowest BCUT2D eigenvalue weighted by atomic mass is 9.77. The van der Waals surface area contributed by atoms with Crippen LogP contribution in [0.5, 0.6) is 5.75 Å². The van der Waals surface area contributed by atoms with Gasteiger partial charge in [-0.15, -0.1) is 0 Å². The minimum atomic E-state index is -4.52. The number of nitrogens with one attached hydrogen (secondary N) is 1. The number of amides is 2. The molecule has 2 saturated heterocycles. The van der Waals surface area contributed by atoms with Crippen LogP contribution < -0.4 is 15.8 Å². The van der Waals surface area contributed by atoms with Crippen molar-refractivity contribution in [2.75, 3.05) is 64.0 Å². The Hall–Kier alpha value is -4.33. The summed E-state index contributed by atoms with van der Waals surface area (Å²) in [5, 5.41) is 4.07. The molecule has 3 N–H and O–H groups in total. The molecule has 6 rings (SSSR count). The molecule has 300 valence electrons. The molecule has 0 spiro atoms. The fourth-order valence-corrected chi connectivity index (χ4v) is 8.32. The molecule has 3 fully saturated rings. The second kappa shape index (κ2) is 16.4. The maximum absolute atomic E-state index is 13.7. The summed E-state index contributed by atoms with van der Waals surface area (Å²) in [5.41, 5.74) is 6.68. The Balaban J connectivity index is 1.04. The van der Waals surface area contributed by atoms with Gasteiger partial charge in [0, 0.05) is 68.9 Å². The van der Waals surface area contributed by atoms with E-state index in [2.05, 4.69) is 20.2 Å². The van der Waals surface area contributed by atoms with Crippen molar-refractivity contribution in [2.24, 2.45) is 11.8 Å². The zero-order valence-corrected chi connectivity index (χ0v) is 33.0. The first kappa shape index (κ1) is 40.3. The number of halogens is 3. The zero-order valence-electron chi connectivity index (χ0n) is 33.0. The fraction of sp³-hybridized carbons (Fsp3) is 0.610. The number of nitrogens with two attached hydrogens (primary N) is 1. The van der Waals surface area contributed by atoms with Crippen molar-refractivity contribution < 1.29 is 32.2 Å². The number of carbonyl (C=O) groups is 2. The van der Waals surface area contributed by atoms with Crippen molar-refractivity contribution >= 4 is 34.4 Å². The lowest BCUT2D eigenvalue weighted by Gasteiger charge is -2.40. The van der Waals surface area contributed by atoms with E-state index >= 15 is 0 Å². The van der Waals surface area contributed by atoms with Gasteiger partial charge in [-0.05, 0) is 120 Å². The molecule has 3 aliphatic rings. The molecule has 1 aromatic heterocycles. The normalized spacial score (nSPS) is 21.0. The topological polar surface area (TPSA) is 126 Å². The number of alkyl halides is 3. The summed E-state index contributed by atoms with van der Waals surface area (Å²) >= 11 is 0. The number of carbonyl (C=O) groups excluding carboxylic acids is 2. The summed E-state index contributed by atoms with van der Waals surface area (Å²) in [4.78, 5) is 41.8. The van der Waals surface area contributed by atoms with E-state index in [1.165, 1.54) is 6.07 Å².